The van der Waals surface area contributed by atoms with Crippen molar-refractivity contribution in [3.63, 3.8) is 0 Å². The predicted molar refractivity (Wildman–Crippen MR) is 107 cm³/mol. The fourth-order valence-electron chi connectivity index (χ4n) is 3.30. The number of amides is 4. The van der Waals surface area contributed by atoms with Crippen molar-refractivity contribution in [1.29, 1.82) is 0 Å². The van der Waals surface area contributed by atoms with E-state index in [4.69, 9.17) is 0 Å². The molecule has 1 aliphatic heterocycles. The molecule has 1 heterocycles. The summed E-state index contributed by atoms with van der Waals surface area (Å²) < 4.78 is 0. The van der Waals surface area contributed by atoms with Crippen LogP contribution in [-0.4, -0.2) is 34.8 Å². The fraction of sp³-hybridized carbons (Fsp3) is 0.571. The quantitative estimate of drug-likeness (QED) is 0.714. The van der Waals surface area contributed by atoms with Gasteiger partial charge in [-0.2, -0.15) is 0 Å². The summed E-state index contributed by atoms with van der Waals surface area (Å²) in [4.78, 5) is 38.6. The molecule has 0 bridgehead atoms. The minimum absolute atomic E-state index is 0.247. The number of para-hydroxylation sites is 1. The minimum Gasteiger partial charge on any atom is -0.324 e. The summed E-state index contributed by atoms with van der Waals surface area (Å²) in [5.74, 6) is -0.0318. The van der Waals surface area contributed by atoms with Crippen LogP contribution in [0.5, 0.6) is 0 Å². The van der Waals surface area contributed by atoms with Gasteiger partial charge in [-0.25, -0.2) is 4.79 Å². The van der Waals surface area contributed by atoms with Crippen molar-refractivity contribution >= 4 is 23.5 Å². The molecule has 1 saturated heterocycles. The average molecular weight is 373 g/mol. The molecule has 0 saturated carbocycles. The Kier molecular flexibility index (Phi) is 6.29. The predicted octanol–water partition coefficient (Wildman–Crippen LogP) is 3.80. The number of hydrogen-bond acceptors (Lipinski definition) is 3. The number of nitrogens with zero attached hydrogens (tertiary/aromatic N) is 1. The summed E-state index contributed by atoms with van der Waals surface area (Å²) in [6, 6.07) is 5.36. The smallest absolute Gasteiger partial charge is 0.324 e. The fourth-order valence-corrected chi connectivity index (χ4v) is 3.30. The first-order chi connectivity index (χ1) is 12.5. The summed E-state index contributed by atoms with van der Waals surface area (Å²) in [6.07, 6.45) is 1.38. The third-order valence-corrected chi connectivity index (χ3v) is 5.06. The Morgan fingerprint density at radius 3 is 2.48 bits per heavy atom. The second-order valence-corrected chi connectivity index (χ2v) is 8.33. The normalized spacial score (nSPS) is 19.8. The maximum Gasteiger partial charge on any atom is 0.325 e. The van der Waals surface area contributed by atoms with E-state index >= 15 is 0 Å². The van der Waals surface area contributed by atoms with Crippen molar-refractivity contribution in [2.75, 3.05) is 11.9 Å². The molecule has 1 atom stereocenters. The number of anilines is 1. The maximum absolute atomic E-state index is 12.7. The molecule has 2 N–H and O–H groups in total. The van der Waals surface area contributed by atoms with E-state index in [9.17, 15) is 14.4 Å². The molecule has 0 spiro atoms. The first kappa shape index (κ1) is 20.9. The number of hydrogen-bond donors (Lipinski definition) is 2. The Labute approximate surface area is 161 Å². The molecule has 0 unspecified atom stereocenters. The third kappa shape index (κ3) is 4.67. The van der Waals surface area contributed by atoms with Crippen LogP contribution in [0.1, 0.15) is 64.5 Å². The lowest BCUT2D eigenvalue weighted by Crippen LogP contribution is -2.44. The van der Waals surface area contributed by atoms with Gasteiger partial charge in [0.15, 0.2) is 0 Å². The van der Waals surface area contributed by atoms with Gasteiger partial charge in [0, 0.05) is 5.69 Å². The highest BCUT2D eigenvalue weighted by Crippen LogP contribution is 2.28. The summed E-state index contributed by atoms with van der Waals surface area (Å²) in [5.41, 5.74) is 1.80. The van der Waals surface area contributed by atoms with Gasteiger partial charge in [0.05, 0.1) is 0 Å². The SMILES string of the molecule is Cc1cccc(C(C)C)c1NC(=O)CN1C(=O)N[C@](C)(CCC(C)C)C1=O. The number of imide groups is 1. The van der Waals surface area contributed by atoms with E-state index in [-0.39, 0.29) is 24.3 Å². The Bertz CT molecular complexity index is 742. The van der Waals surface area contributed by atoms with Crippen molar-refractivity contribution in [3.05, 3.63) is 29.3 Å². The number of carbonyl (C=O) groups excluding carboxylic acids is 3. The maximum atomic E-state index is 12.7. The van der Waals surface area contributed by atoms with Crippen LogP contribution in [0, 0.1) is 12.8 Å². The highest BCUT2D eigenvalue weighted by atomic mass is 16.2. The van der Waals surface area contributed by atoms with E-state index in [0.717, 1.165) is 28.1 Å². The molecule has 27 heavy (non-hydrogen) atoms. The van der Waals surface area contributed by atoms with Gasteiger partial charge in [-0.1, -0.05) is 45.9 Å². The number of nitrogens with one attached hydrogen (secondary N) is 2. The molecular weight excluding hydrogens is 342 g/mol. The number of aryl methyl sites for hydroxylation is 1. The monoisotopic (exact) mass is 373 g/mol. The summed E-state index contributed by atoms with van der Waals surface area (Å²) >= 11 is 0. The molecule has 4 amide bonds. The number of carbonyl (C=O) groups is 3. The lowest BCUT2D eigenvalue weighted by molar-refractivity contribution is -0.133. The van der Waals surface area contributed by atoms with E-state index in [2.05, 4.69) is 38.3 Å². The molecule has 2 rings (SSSR count). The zero-order chi connectivity index (χ0) is 20.4. The Hall–Kier alpha value is -2.37. The molecule has 0 radical (unpaired) electrons. The number of rotatable bonds is 7. The second-order valence-electron chi connectivity index (χ2n) is 8.33. The molecule has 1 fully saturated rings. The first-order valence-electron chi connectivity index (χ1n) is 9.58. The highest BCUT2D eigenvalue weighted by Gasteiger charge is 2.47. The number of benzene rings is 1. The molecule has 1 aromatic rings. The topological polar surface area (TPSA) is 78.5 Å². The summed E-state index contributed by atoms with van der Waals surface area (Å²) in [7, 11) is 0. The van der Waals surface area contributed by atoms with Crippen molar-refractivity contribution in [2.24, 2.45) is 5.92 Å². The van der Waals surface area contributed by atoms with Crippen LogP contribution in [0.4, 0.5) is 10.5 Å². The van der Waals surface area contributed by atoms with Crippen LogP contribution in [-0.2, 0) is 9.59 Å². The molecule has 0 aromatic heterocycles. The van der Waals surface area contributed by atoms with Gasteiger partial charge in [0.2, 0.25) is 5.91 Å². The lowest BCUT2D eigenvalue weighted by atomic mass is 9.92. The molecule has 6 nitrogen and oxygen atoms in total. The second kappa shape index (κ2) is 8.11. The van der Waals surface area contributed by atoms with Crippen LogP contribution in [0.25, 0.3) is 0 Å². The average Bonchev–Trinajstić information content (AvgIpc) is 2.78. The van der Waals surface area contributed by atoms with Crippen molar-refractivity contribution in [1.82, 2.24) is 10.2 Å². The molecule has 1 aromatic carbocycles. The van der Waals surface area contributed by atoms with E-state index < -0.39 is 11.6 Å². The number of urea groups is 1. The Morgan fingerprint density at radius 2 is 1.89 bits per heavy atom. The van der Waals surface area contributed by atoms with Gasteiger partial charge in [-0.3, -0.25) is 14.5 Å². The zero-order valence-corrected chi connectivity index (χ0v) is 17.2. The Morgan fingerprint density at radius 1 is 1.22 bits per heavy atom. The molecule has 148 valence electrons. The van der Waals surface area contributed by atoms with Crippen molar-refractivity contribution in [2.45, 2.75) is 65.8 Å². The van der Waals surface area contributed by atoms with Crippen LogP contribution < -0.4 is 10.6 Å². The van der Waals surface area contributed by atoms with Crippen LogP contribution in [0.15, 0.2) is 18.2 Å². The highest BCUT2D eigenvalue weighted by molar-refractivity contribution is 6.10. The largest absolute Gasteiger partial charge is 0.325 e. The van der Waals surface area contributed by atoms with Crippen LogP contribution in [0.2, 0.25) is 0 Å². The zero-order valence-electron chi connectivity index (χ0n) is 17.2. The van der Waals surface area contributed by atoms with Gasteiger partial charge < -0.3 is 10.6 Å². The lowest BCUT2D eigenvalue weighted by Gasteiger charge is -2.22. The van der Waals surface area contributed by atoms with E-state index in [1.54, 1.807) is 6.92 Å². The van der Waals surface area contributed by atoms with Gasteiger partial charge >= 0.3 is 6.03 Å². The van der Waals surface area contributed by atoms with E-state index in [1.807, 2.05) is 25.1 Å². The van der Waals surface area contributed by atoms with E-state index in [0.29, 0.717) is 12.3 Å². The first-order valence-corrected chi connectivity index (χ1v) is 9.58. The third-order valence-electron chi connectivity index (χ3n) is 5.06. The molecule has 1 aliphatic rings. The molecule has 6 heteroatoms. The van der Waals surface area contributed by atoms with Crippen LogP contribution >= 0.6 is 0 Å². The Balaban J connectivity index is 2.11. The van der Waals surface area contributed by atoms with Crippen molar-refractivity contribution < 1.29 is 14.4 Å². The van der Waals surface area contributed by atoms with Crippen LogP contribution in [0.3, 0.4) is 0 Å². The molecular formula is C21H31N3O3. The van der Waals surface area contributed by atoms with Gasteiger partial charge in [-0.05, 0) is 49.7 Å². The standard InChI is InChI=1S/C21H31N3O3/c1-13(2)10-11-21(6)19(26)24(20(27)23-21)12-17(25)22-18-15(5)8-7-9-16(18)14(3)4/h7-9,13-14H,10-12H2,1-6H3,(H,22,25)(H,23,27)/t21-/m1/s1. The minimum atomic E-state index is -0.937. The molecule has 0 aliphatic carbocycles. The van der Waals surface area contributed by atoms with E-state index in [1.165, 1.54) is 0 Å². The summed E-state index contributed by atoms with van der Waals surface area (Å²) in [6.45, 7) is 11.6. The van der Waals surface area contributed by atoms with Gasteiger partial charge in [-0.15, -0.1) is 0 Å². The summed E-state index contributed by atoms with van der Waals surface area (Å²) in [5, 5.41) is 5.65. The van der Waals surface area contributed by atoms with Gasteiger partial charge in [0.1, 0.15) is 12.1 Å². The van der Waals surface area contributed by atoms with Gasteiger partial charge in [0.25, 0.3) is 5.91 Å². The van der Waals surface area contributed by atoms with Crippen molar-refractivity contribution in [3.8, 4) is 0 Å².